The molecule has 194 valence electrons. The van der Waals surface area contributed by atoms with Crippen molar-refractivity contribution in [2.75, 3.05) is 46.3 Å². The number of fused-ring (bicyclic) bond motifs is 1. The van der Waals surface area contributed by atoms with Gasteiger partial charge in [-0.15, -0.1) is 0 Å². The topological polar surface area (TPSA) is 95.0 Å². The first-order chi connectivity index (χ1) is 16.9. The van der Waals surface area contributed by atoms with Crippen LogP contribution in [-0.2, 0) is 12.0 Å². The molecule has 8 nitrogen and oxygen atoms in total. The Hall–Kier alpha value is -3.55. The monoisotopic (exact) mass is 494 g/mol. The highest BCUT2D eigenvalue weighted by Gasteiger charge is 2.30. The lowest BCUT2D eigenvalue weighted by Gasteiger charge is -2.25. The quantitative estimate of drug-likeness (QED) is 0.507. The van der Waals surface area contributed by atoms with Gasteiger partial charge in [0, 0.05) is 50.1 Å². The number of hydrogen-bond donors (Lipinski definition) is 2. The molecule has 36 heavy (non-hydrogen) atoms. The second-order valence-corrected chi connectivity index (χ2v) is 10.3. The lowest BCUT2D eigenvalue weighted by Crippen LogP contribution is -2.30. The van der Waals surface area contributed by atoms with E-state index in [4.69, 9.17) is 14.9 Å². The Morgan fingerprint density at radius 2 is 1.86 bits per heavy atom. The van der Waals surface area contributed by atoms with Crippen LogP contribution in [0.25, 0.3) is 0 Å². The molecule has 0 aromatic heterocycles. The first-order valence-corrected chi connectivity index (χ1v) is 12.2. The van der Waals surface area contributed by atoms with E-state index in [1.807, 2.05) is 38.1 Å². The normalized spacial score (nSPS) is 12.9. The van der Waals surface area contributed by atoms with Crippen LogP contribution in [0.1, 0.15) is 71.5 Å². The van der Waals surface area contributed by atoms with Crippen molar-refractivity contribution >= 4 is 23.2 Å². The first kappa shape index (κ1) is 27.0. The number of hydrogen-bond acceptors (Lipinski definition) is 6. The van der Waals surface area contributed by atoms with Crippen LogP contribution in [0.2, 0.25) is 0 Å². The second-order valence-electron chi connectivity index (χ2n) is 10.3. The molecule has 0 unspecified atom stereocenters. The molecule has 1 aliphatic heterocycles. The van der Waals surface area contributed by atoms with Crippen LogP contribution in [0.4, 0.5) is 5.69 Å². The molecular weight excluding hydrogens is 456 g/mol. The van der Waals surface area contributed by atoms with Crippen molar-refractivity contribution in [3.63, 3.8) is 0 Å². The molecule has 0 saturated carbocycles. The van der Waals surface area contributed by atoms with E-state index in [1.165, 1.54) is 0 Å². The number of ketones is 1. The van der Waals surface area contributed by atoms with Crippen molar-refractivity contribution < 1.29 is 19.1 Å². The third-order valence-corrected chi connectivity index (χ3v) is 6.29. The molecule has 0 fully saturated rings. The highest BCUT2D eigenvalue weighted by atomic mass is 16.5. The summed E-state index contributed by atoms with van der Waals surface area (Å²) in [5.74, 6) is 1.12. The molecule has 0 radical (unpaired) electrons. The number of ether oxygens (including phenoxy) is 2. The van der Waals surface area contributed by atoms with Gasteiger partial charge in [-0.2, -0.15) is 0 Å². The third-order valence-electron chi connectivity index (χ3n) is 6.29. The van der Waals surface area contributed by atoms with E-state index < -0.39 is 0 Å². The molecule has 0 aliphatic carbocycles. The van der Waals surface area contributed by atoms with E-state index in [0.717, 1.165) is 23.2 Å². The van der Waals surface area contributed by atoms with E-state index in [2.05, 4.69) is 26.1 Å². The third kappa shape index (κ3) is 5.32. The number of amidine groups is 1. The average Bonchev–Trinajstić information content (AvgIpc) is 3.14. The summed E-state index contributed by atoms with van der Waals surface area (Å²) >= 11 is 0. The fourth-order valence-electron chi connectivity index (χ4n) is 4.37. The summed E-state index contributed by atoms with van der Waals surface area (Å²) < 4.78 is 11.6. The summed E-state index contributed by atoms with van der Waals surface area (Å²) in [5, 5.41) is 11.4. The summed E-state index contributed by atoms with van der Waals surface area (Å²) in [7, 11) is 6.96. The number of Topliss-reactive ketones (excluding diaryl/α,β-unsaturated/α-hetero) is 1. The smallest absolute Gasteiger partial charge is 0.253 e. The molecule has 0 bridgehead atoms. The highest BCUT2D eigenvalue weighted by molar-refractivity contribution is 6.08. The maximum Gasteiger partial charge on any atom is 0.253 e. The molecule has 8 heteroatoms. The van der Waals surface area contributed by atoms with Crippen LogP contribution in [0.3, 0.4) is 0 Å². The van der Waals surface area contributed by atoms with E-state index in [0.29, 0.717) is 41.3 Å². The average molecular weight is 495 g/mol. The van der Waals surface area contributed by atoms with Crippen LogP contribution in [0.5, 0.6) is 11.5 Å². The number of nitrogens with zero attached hydrogens (tertiary/aromatic N) is 2. The van der Waals surface area contributed by atoms with E-state index in [1.54, 1.807) is 31.2 Å². The van der Waals surface area contributed by atoms with Crippen molar-refractivity contribution in [1.82, 2.24) is 10.2 Å². The SMILES string of the molecule is CCCOc1cc(C(=O)CN2Cc3cc(N(C)C)c(C(=O)NC)cc3C2=N)cc(C(C)(C)C)c1OC. The van der Waals surface area contributed by atoms with Gasteiger partial charge in [0.05, 0.1) is 25.8 Å². The van der Waals surface area contributed by atoms with Gasteiger partial charge in [0.25, 0.3) is 5.91 Å². The Bertz CT molecular complexity index is 1180. The van der Waals surface area contributed by atoms with Crippen LogP contribution >= 0.6 is 0 Å². The van der Waals surface area contributed by atoms with Gasteiger partial charge in [-0.05, 0) is 41.7 Å². The molecular formula is C28H38N4O4. The number of carbonyl (C=O) groups is 2. The number of methoxy groups -OCH3 is 1. The van der Waals surface area contributed by atoms with Gasteiger partial charge in [-0.3, -0.25) is 15.0 Å². The van der Waals surface area contributed by atoms with E-state index >= 15 is 0 Å². The Labute approximate surface area is 214 Å². The van der Waals surface area contributed by atoms with E-state index in [-0.39, 0.29) is 29.5 Å². The minimum atomic E-state index is -0.263. The van der Waals surface area contributed by atoms with Gasteiger partial charge in [-0.1, -0.05) is 27.7 Å². The lowest BCUT2D eigenvalue weighted by molar-refractivity contribution is 0.0955. The molecule has 2 aromatic rings. The number of anilines is 1. The largest absolute Gasteiger partial charge is 0.493 e. The van der Waals surface area contributed by atoms with Crippen molar-refractivity contribution in [2.24, 2.45) is 0 Å². The molecule has 3 rings (SSSR count). The van der Waals surface area contributed by atoms with Crippen LogP contribution < -0.4 is 19.7 Å². The Kier molecular flexibility index (Phi) is 7.96. The van der Waals surface area contributed by atoms with Crippen molar-refractivity contribution in [3.05, 3.63) is 52.1 Å². The minimum Gasteiger partial charge on any atom is -0.493 e. The molecule has 0 saturated heterocycles. The van der Waals surface area contributed by atoms with Crippen LogP contribution in [0, 0.1) is 5.41 Å². The first-order valence-electron chi connectivity index (χ1n) is 12.2. The summed E-state index contributed by atoms with van der Waals surface area (Å²) in [6.45, 7) is 9.23. The zero-order chi connectivity index (χ0) is 26.8. The zero-order valence-electron chi connectivity index (χ0n) is 22.7. The number of carbonyl (C=O) groups excluding carboxylic acids is 2. The van der Waals surface area contributed by atoms with Crippen LogP contribution in [0.15, 0.2) is 24.3 Å². The summed E-state index contributed by atoms with van der Waals surface area (Å²) in [6, 6.07) is 7.30. The van der Waals surface area contributed by atoms with Crippen LogP contribution in [-0.4, -0.2) is 63.8 Å². The lowest BCUT2D eigenvalue weighted by atomic mass is 9.84. The zero-order valence-corrected chi connectivity index (χ0v) is 22.7. The van der Waals surface area contributed by atoms with Crippen molar-refractivity contribution in [2.45, 2.75) is 46.1 Å². The molecule has 0 atom stereocenters. The molecule has 2 aromatic carbocycles. The van der Waals surface area contributed by atoms with Gasteiger partial charge in [0.1, 0.15) is 5.84 Å². The molecule has 2 N–H and O–H groups in total. The fourth-order valence-corrected chi connectivity index (χ4v) is 4.37. The number of rotatable bonds is 9. The molecule has 1 aliphatic rings. The number of amides is 1. The summed E-state index contributed by atoms with van der Waals surface area (Å²) in [4.78, 5) is 29.6. The maximum atomic E-state index is 13.5. The standard InChI is InChI=1S/C28H38N4O4/c1-9-10-36-24-13-17(11-21(25(24)35-8)28(2,3)4)23(33)16-32-15-18-12-22(31(6)7)20(27(34)30-5)14-19(18)26(32)29/h11-14,29H,9-10,15-16H2,1-8H3,(H,30,34). The summed E-state index contributed by atoms with van der Waals surface area (Å²) in [5.41, 5.74) is 4.02. The number of benzene rings is 2. The maximum absolute atomic E-state index is 13.5. The van der Waals surface area contributed by atoms with Gasteiger partial charge in [0.15, 0.2) is 17.3 Å². The van der Waals surface area contributed by atoms with Crippen molar-refractivity contribution in [1.29, 1.82) is 5.41 Å². The molecule has 0 spiro atoms. The molecule has 1 heterocycles. The van der Waals surface area contributed by atoms with Gasteiger partial charge in [-0.25, -0.2) is 0 Å². The minimum absolute atomic E-state index is 0.0449. The fraction of sp³-hybridized carbons (Fsp3) is 0.464. The Morgan fingerprint density at radius 3 is 2.42 bits per heavy atom. The van der Waals surface area contributed by atoms with E-state index in [9.17, 15) is 9.59 Å². The second kappa shape index (κ2) is 10.6. The highest BCUT2D eigenvalue weighted by Crippen LogP contribution is 2.40. The number of nitrogens with one attached hydrogen (secondary N) is 2. The van der Waals surface area contributed by atoms with Gasteiger partial charge >= 0.3 is 0 Å². The Morgan fingerprint density at radius 1 is 1.17 bits per heavy atom. The predicted octanol–water partition coefficient (Wildman–Crippen LogP) is 4.23. The van der Waals surface area contributed by atoms with Gasteiger partial charge < -0.3 is 24.6 Å². The summed E-state index contributed by atoms with van der Waals surface area (Å²) in [6.07, 6.45) is 0.836. The Balaban J connectivity index is 1.94. The molecule has 1 amide bonds. The predicted molar refractivity (Wildman–Crippen MR) is 143 cm³/mol. The van der Waals surface area contributed by atoms with Gasteiger partial charge in [0.2, 0.25) is 0 Å². The van der Waals surface area contributed by atoms with Crippen molar-refractivity contribution in [3.8, 4) is 11.5 Å².